The van der Waals surface area contributed by atoms with Gasteiger partial charge in [-0.2, -0.15) is 0 Å². The number of nitrogens with one attached hydrogen (secondary N) is 1. The minimum Gasteiger partial charge on any atom is -0.504 e. The summed E-state index contributed by atoms with van der Waals surface area (Å²) in [6, 6.07) is 5.03. The van der Waals surface area contributed by atoms with Crippen LogP contribution in [0, 0.1) is 0 Å². The van der Waals surface area contributed by atoms with E-state index in [4.69, 9.17) is 4.74 Å². The van der Waals surface area contributed by atoms with Gasteiger partial charge in [-0.1, -0.05) is 12.1 Å². The third kappa shape index (κ3) is 3.62. The number of hydrogen-bond donors (Lipinski definition) is 3. The Labute approximate surface area is 120 Å². The first-order valence-electron chi connectivity index (χ1n) is 7.04. The largest absolute Gasteiger partial charge is 0.504 e. The molecule has 5 nitrogen and oxygen atoms in total. The van der Waals surface area contributed by atoms with Crippen LogP contribution in [0.4, 0.5) is 0 Å². The summed E-state index contributed by atoms with van der Waals surface area (Å²) in [7, 11) is 0. The van der Waals surface area contributed by atoms with Gasteiger partial charge in [-0.25, -0.2) is 0 Å². The van der Waals surface area contributed by atoms with Crippen LogP contribution in [0.1, 0.15) is 19.4 Å². The van der Waals surface area contributed by atoms with Gasteiger partial charge in [0.05, 0.1) is 13.2 Å². The Bertz CT molecular complexity index is 443. The maximum atomic E-state index is 9.76. The molecule has 0 radical (unpaired) electrons. The fourth-order valence-corrected chi connectivity index (χ4v) is 2.50. The zero-order valence-corrected chi connectivity index (χ0v) is 12.2. The summed E-state index contributed by atoms with van der Waals surface area (Å²) in [6.07, 6.45) is 0. The fraction of sp³-hybridized carbons (Fsp3) is 0.600. The van der Waals surface area contributed by atoms with Crippen molar-refractivity contribution in [2.24, 2.45) is 0 Å². The zero-order valence-electron chi connectivity index (χ0n) is 12.2. The normalized spacial score (nSPS) is 17.3. The van der Waals surface area contributed by atoms with Gasteiger partial charge in [0, 0.05) is 37.3 Å². The van der Waals surface area contributed by atoms with Crippen molar-refractivity contribution in [2.75, 3.05) is 32.8 Å². The second-order valence-electron chi connectivity index (χ2n) is 5.80. The Morgan fingerprint density at radius 3 is 2.65 bits per heavy atom. The van der Waals surface area contributed by atoms with E-state index in [0.29, 0.717) is 12.1 Å². The van der Waals surface area contributed by atoms with Gasteiger partial charge < -0.3 is 20.3 Å². The summed E-state index contributed by atoms with van der Waals surface area (Å²) in [4.78, 5) is 2.41. The highest BCUT2D eigenvalue weighted by molar-refractivity contribution is 5.44. The third-order valence-corrected chi connectivity index (χ3v) is 3.84. The van der Waals surface area contributed by atoms with E-state index in [-0.39, 0.29) is 17.0 Å². The molecule has 1 fully saturated rings. The molecular weight excluding hydrogens is 256 g/mol. The SMILES string of the molecule is CC(C)(CNCc1cccc(O)c1O)N1CCOCC1. The van der Waals surface area contributed by atoms with Crippen LogP contribution in [0.3, 0.4) is 0 Å². The second kappa shape index (κ2) is 6.43. The highest BCUT2D eigenvalue weighted by atomic mass is 16.5. The lowest BCUT2D eigenvalue weighted by molar-refractivity contribution is -0.00967. The standard InChI is InChI=1S/C15H24N2O3/c1-15(2,17-6-8-20-9-7-17)11-16-10-12-4-3-5-13(18)14(12)19/h3-5,16,18-19H,6-11H2,1-2H3. The first kappa shape index (κ1) is 15.1. The molecule has 0 atom stereocenters. The molecule has 3 N–H and O–H groups in total. The highest BCUT2D eigenvalue weighted by Crippen LogP contribution is 2.28. The molecule has 1 aromatic carbocycles. The minimum absolute atomic E-state index is 0.0378. The van der Waals surface area contributed by atoms with Crippen LogP contribution >= 0.6 is 0 Å². The zero-order chi connectivity index (χ0) is 14.6. The molecule has 20 heavy (non-hydrogen) atoms. The Morgan fingerprint density at radius 1 is 1.25 bits per heavy atom. The van der Waals surface area contributed by atoms with Crippen molar-refractivity contribution < 1.29 is 14.9 Å². The smallest absolute Gasteiger partial charge is 0.161 e. The minimum atomic E-state index is -0.0725. The lowest BCUT2D eigenvalue weighted by Gasteiger charge is -2.41. The second-order valence-corrected chi connectivity index (χ2v) is 5.80. The number of benzene rings is 1. The first-order valence-corrected chi connectivity index (χ1v) is 7.04. The van der Waals surface area contributed by atoms with Crippen molar-refractivity contribution in [1.82, 2.24) is 10.2 Å². The maximum absolute atomic E-state index is 9.76. The maximum Gasteiger partial charge on any atom is 0.161 e. The average Bonchev–Trinajstić information content (AvgIpc) is 2.44. The predicted octanol–water partition coefficient (Wildman–Crippen LogP) is 1.30. The van der Waals surface area contributed by atoms with Gasteiger partial charge in [0.1, 0.15) is 0 Å². The predicted molar refractivity (Wildman–Crippen MR) is 77.9 cm³/mol. The topological polar surface area (TPSA) is 65.0 Å². The first-order chi connectivity index (χ1) is 9.50. The third-order valence-electron chi connectivity index (χ3n) is 3.84. The van der Waals surface area contributed by atoms with Gasteiger partial charge in [0.15, 0.2) is 11.5 Å². The van der Waals surface area contributed by atoms with Crippen molar-refractivity contribution in [3.05, 3.63) is 23.8 Å². The molecule has 0 unspecified atom stereocenters. The molecule has 112 valence electrons. The molecule has 1 heterocycles. The number of hydrogen-bond acceptors (Lipinski definition) is 5. The van der Waals surface area contributed by atoms with E-state index in [9.17, 15) is 10.2 Å². The van der Waals surface area contributed by atoms with E-state index >= 15 is 0 Å². The van der Waals surface area contributed by atoms with Crippen LogP contribution in [0.15, 0.2) is 18.2 Å². The Morgan fingerprint density at radius 2 is 1.95 bits per heavy atom. The van der Waals surface area contributed by atoms with Gasteiger partial charge in [0.2, 0.25) is 0 Å². The molecule has 0 saturated carbocycles. The number of phenolic OH excluding ortho intramolecular Hbond substituents is 2. The van der Waals surface area contributed by atoms with E-state index < -0.39 is 0 Å². The summed E-state index contributed by atoms with van der Waals surface area (Å²) in [5, 5.41) is 22.6. The molecule has 1 saturated heterocycles. The van der Waals surface area contributed by atoms with Gasteiger partial charge in [0.25, 0.3) is 0 Å². The van der Waals surface area contributed by atoms with Gasteiger partial charge in [-0.05, 0) is 19.9 Å². The molecule has 1 aliphatic heterocycles. The van der Waals surface area contributed by atoms with E-state index in [1.165, 1.54) is 6.07 Å². The van der Waals surface area contributed by atoms with Crippen molar-refractivity contribution in [2.45, 2.75) is 25.9 Å². The van der Waals surface area contributed by atoms with E-state index in [1.54, 1.807) is 6.07 Å². The fourth-order valence-electron chi connectivity index (χ4n) is 2.50. The van der Waals surface area contributed by atoms with E-state index in [0.717, 1.165) is 32.8 Å². The molecule has 1 aliphatic rings. The van der Waals surface area contributed by atoms with Crippen LogP contribution in [0.25, 0.3) is 0 Å². The molecule has 0 amide bonds. The molecule has 2 rings (SSSR count). The van der Waals surface area contributed by atoms with Crippen molar-refractivity contribution in [3.63, 3.8) is 0 Å². The molecular formula is C15H24N2O3. The number of ether oxygens (including phenoxy) is 1. The van der Waals surface area contributed by atoms with Crippen LogP contribution in [0.5, 0.6) is 11.5 Å². The van der Waals surface area contributed by atoms with Crippen LogP contribution in [-0.2, 0) is 11.3 Å². The van der Waals surface area contributed by atoms with Crippen molar-refractivity contribution in [3.8, 4) is 11.5 Å². The molecule has 0 aromatic heterocycles. The van der Waals surface area contributed by atoms with Crippen molar-refractivity contribution >= 4 is 0 Å². The van der Waals surface area contributed by atoms with Crippen LogP contribution in [0.2, 0.25) is 0 Å². The summed E-state index contributed by atoms with van der Waals surface area (Å²) >= 11 is 0. The lowest BCUT2D eigenvalue weighted by Crippen LogP contribution is -2.54. The van der Waals surface area contributed by atoms with Crippen molar-refractivity contribution in [1.29, 1.82) is 0 Å². The van der Waals surface area contributed by atoms with E-state index in [1.807, 2.05) is 6.07 Å². The lowest BCUT2D eigenvalue weighted by atomic mass is 10.0. The Kier molecular flexibility index (Phi) is 4.86. The van der Waals surface area contributed by atoms with Crippen LogP contribution < -0.4 is 5.32 Å². The van der Waals surface area contributed by atoms with Gasteiger partial charge in [-0.15, -0.1) is 0 Å². The molecule has 5 heteroatoms. The Balaban J connectivity index is 1.86. The summed E-state index contributed by atoms with van der Waals surface area (Å²) in [6.45, 7) is 9.23. The number of rotatable bonds is 5. The monoisotopic (exact) mass is 280 g/mol. The van der Waals surface area contributed by atoms with Gasteiger partial charge >= 0.3 is 0 Å². The highest BCUT2D eigenvalue weighted by Gasteiger charge is 2.27. The van der Waals surface area contributed by atoms with Gasteiger partial charge in [-0.3, -0.25) is 4.90 Å². The molecule has 0 spiro atoms. The number of aromatic hydroxyl groups is 2. The van der Waals surface area contributed by atoms with E-state index in [2.05, 4.69) is 24.1 Å². The quantitative estimate of drug-likeness (QED) is 0.710. The Hall–Kier alpha value is -1.30. The number of para-hydroxylation sites is 1. The van der Waals surface area contributed by atoms with Crippen LogP contribution in [-0.4, -0.2) is 53.5 Å². The number of nitrogens with zero attached hydrogens (tertiary/aromatic N) is 1. The summed E-state index contributed by atoms with van der Waals surface area (Å²) in [5.74, 6) is -0.110. The number of phenols is 2. The summed E-state index contributed by atoms with van der Waals surface area (Å²) < 4.78 is 5.37. The average molecular weight is 280 g/mol. The molecule has 0 aliphatic carbocycles. The molecule has 0 bridgehead atoms. The number of morpholine rings is 1. The molecule has 1 aromatic rings. The summed E-state index contributed by atoms with van der Waals surface area (Å²) in [5.41, 5.74) is 0.749.